The van der Waals surface area contributed by atoms with E-state index in [0.717, 1.165) is 22.5 Å². The van der Waals surface area contributed by atoms with Crippen LogP contribution < -0.4 is 5.73 Å². The highest BCUT2D eigenvalue weighted by molar-refractivity contribution is 7.16. The van der Waals surface area contributed by atoms with E-state index in [1.165, 1.54) is 10.9 Å². The summed E-state index contributed by atoms with van der Waals surface area (Å²) >= 11 is 1.60. The zero-order valence-corrected chi connectivity index (χ0v) is 10.2. The molecule has 0 amide bonds. The molecule has 2 rings (SSSR count). The molecule has 1 nitrogen and oxygen atoms in total. The third-order valence-corrected chi connectivity index (χ3v) is 3.74. The minimum atomic E-state index is -0.173. The second-order valence-electron chi connectivity index (χ2n) is 3.81. The second-order valence-corrected chi connectivity index (χ2v) is 4.98. The number of hydrogen-bond acceptors (Lipinski definition) is 2. The van der Waals surface area contributed by atoms with Crippen LogP contribution in [0.25, 0.3) is 11.1 Å². The summed E-state index contributed by atoms with van der Waals surface area (Å²) in [4.78, 5) is 1.26. The van der Waals surface area contributed by atoms with Crippen LogP contribution in [-0.2, 0) is 6.42 Å². The Morgan fingerprint density at radius 1 is 1.31 bits per heavy atom. The third kappa shape index (κ3) is 1.95. The predicted octanol–water partition coefficient (Wildman–Crippen LogP) is 4.01. The fraction of sp³-hybridized carbons (Fsp3) is 0.231. The average Bonchev–Trinajstić information content (AvgIpc) is 2.64. The Morgan fingerprint density at radius 3 is 2.62 bits per heavy atom. The smallest absolute Gasteiger partial charge is 0.126 e. The highest BCUT2D eigenvalue weighted by Crippen LogP contribution is 2.34. The number of nitrogens with two attached hydrogens (primary N) is 1. The molecule has 0 radical (unpaired) electrons. The Bertz CT molecular complexity index is 517. The van der Waals surface area contributed by atoms with Crippen molar-refractivity contribution in [1.82, 2.24) is 0 Å². The number of hydrogen-bond donors (Lipinski definition) is 1. The van der Waals surface area contributed by atoms with E-state index >= 15 is 0 Å². The summed E-state index contributed by atoms with van der Waals surface area (Å²) < 4.78 is 13.2. The van der Waals surface area contributed by atoms with Crippen LogP contribution in [0.4, 0.5) is 9.39 Å². The first-order valence-corrected chi connectivity index (χ1v) is 6.08. The first kappa shape index (κ1) is 11.1. The van der Waals surface area contributed by atoms with Crippen LogP contribution in [-0.4, -0.2) is 0 Å². The minimum Gasteiger partial charge on any atom is -0.390 e. The largest absolute Gasteiger partial charge is 0.390 e. The lowest BCUT2D eigenvalue weighted by Gasteiger charge is -2.02. The van der Waals surface area contributed by atoms with Gasteiger partial charge in [0.15, 0.2) is 0 Å². The van der Waals surface area contributed by atoms with Gasteiger partial charge in [0, 0.05) is 10.4 Å². The van der Waals surface area contributed by atoms with Crippen molar-refractivity contribution in [3.8, 4) is 11.1 Å². The van der Waals surface area contributed by atoms with Gasteiger partial charge < -0.3 is 5.73 Å². The molecule has 1 heterocycles. The Labute approximate surface area is 98.7 Å². The van der Waals surface area contributed by atoms with E-state index in [1.807, 2.05) is 6.07 Å². The molecule has 0 spiro atoms. The van der Waals surface area contributed by atoms with Crippen molar-refractivity contribution in [3.05, 3.63) is 40.5 Å². The van der Waals surface area contributed by atoms with E-state index in [0.29, 0.717) is 5.56 Å². The number of aryl methyl sites for hydroxylation is 2. The van der Waals surface area contributed by atoms with Crippen LogP contribution >= 0.6 is 11.3 Å². The van der Waals surface area contributed by atoms with Crippen LogP contribution in [0.5, 0.6) is 0 Å². The summed E-state index contributed by atoms with van der Waals surface area (Å²) in [5.74, 6) is -0.173. The summed E-state index contributed by atoms with van der Waals surface area (Å²) in [6.07, 6.45) is 0.981. The summed E-state index contributed by atoms with van der Waals surface area (Å²) in [6, 6.07) is 7.20. The highest BCUT2D eigenvalue weighted by atomic mass is 32.1. The minimum absolute atomic E-state index is 0.173. The van der Waals surface area contributed by atoms with Gasteiger partial charge in [-0.2, -0.15) is 0 Å². The lowest BCUT2D eigenvalue weighted by Crippen LogP contribution is -1.86. The number of benzene rings is 1. The van der Waals surface area contributed by atoms with Crippen LogP contribution in [0.3, 0.4) is 0 Å². The molecule has 1 aromatic heterocycles. The third-order valence-electron chi connectivity index (χ3n) is 2.63. The van der Waals surface area contributed by atoms with Gasteiger partial charge in [0.2, 0.25) is 0 Å². The van der Waals surface area contributed by atoms with Crippen molar-refractivity contribution in [1.29, 1.82) is 0 Å². The van der Waals surface area contributed by atoms with Gasteiger partial charge in [-0.3, -0.25) is 0 Å². The Morgan fingerprint density at radius 2 is 2.06 bits per heavy atom. The van der Waals surface area contributed by atoms with Crippen LogP contribution in [0.1, 0.15) is 17.4 Å². The van der Waals surface area contributed by atoms with Crippen molar-refractivity contribution < 1.29 is 4.39 Å². The zero-order chi connectivity index (χ0) is 11.7. The number of nitrogen functional groups attached to an aromatic ring is 1. The number of halogens is 1. The summed E-state index contributed by atoms with van der Waals surface area (Å²) in [7, 11) is 0. The fourth-order valence-electron chi connectivity index (χ4n) is 1.67. The highest BCUT2D eigenvalue weighted by Gasteiger charge is 2.08. The molecule has 0 aliphatic rings. The van der Waals surface area contributed by atoms with E-state index in [4.69, 9.17) is 5.73 Å². The van der Waals surface area contributed by atoms with Crippen molar-refractivity contribution in [3.63, 3.8) is 0 Å². The SMILES string of the molecule is CCc1cc(-c2ccc(F)c(C)c2)c(N)s1. The first-order chi connectivity index (χ1) is 7.61. The van der Waals surface area contributed by atoms with Gasteiger partial charge >= 0.3 is 0 Å². The van der Waals surface area contributed by atoms with Crippen LogP contribution in [0, 0.1) is 12.7 Å². The normalized spacial score (nSPS) is 10.7. The van der Waals surface area contributed by atoms with E-state index < -0.39 is 0 Å². The quantitative estimate of drug-likeness (QED) is 0.836. The molecule has 0 aliphatic heterocycles. The Balaban J connectivity index is 2.49. The molecule has 16 heavy (non-hydrogen) atoms. The molecule has 0 saturated carbocycles. The van der Waals surface area contributed by atoms with Gasteiger partial charge in [-0.15, -0.1) is 11.3 Å². The van der Waals surface area contributed by atoms with Gasteiger partial charge in [-0.1, -0.05) is 13.0 Å². The number of anilines is 1. The molecule has 3 heteroatoms. The molecule has 0 saturated heterocycles. The molecule has 84 valence electrons. The van der Waals surface area contributed by atoms with Gasteiger partial charge in [-0.25, -0.2) is 4.39 Å². The van der Waals surface area contributed by atoms with E-state index in [9.17, 15) is 4.39 Å². The molecule has 2 N–H and O–H groups in total. The molecule has 0 aliphatic carbocycles. The first-order valence-electron chi connectivity index (χ1n) is 5.26. The van der Waals surface area contributed by atoms with E-state index in [1.54, 1.807) is 24.3 Å². The topological polar surface area (TPSA) is 26.0 Å². The number of thiophene rings is 1. The maximum atomic E-state index is 13.2. The molecule has 0 bridgehead atoms. The zero-order valence-electron chi connectivity index (χ0n) is 9.38. The summed E-state index contributed by atoms with van der Waals surface area (Å²) in [6.45, 7) is 3.87. The monoisotopic (exact) mass is 235 g/mol. The van der Waals surface area contributed by atoms with E-state index in [-0.39, 0.29) is 5.82 Å². The van der Waals surface area contributed by atoms with Crippen molar-refractivity contribution in [2.75, 3.05) is 5.73 Å². The summed E-state index contributed by atoms with van der Waals surface area (Å²) in [5.41, 5.74) is 8.63. The molecule has 0 fully saturated rings. The van der Waals surface area contributed by atoms with Gasteiger partial charge in [0.05, 0.1) is 5.00 Å². The number of rotatable bonds is 2. The Kier molecular flexibility index (Phi) is 2.97. The summed E-state index contributed by atoms with van der Waals surface area (Å²) in [5, 5.41) is 0.808. The van der Waals surface area contributed by atoms with Crippen molar-refractivity contribution in [2.45, 2.75) is 20.3 Å². The maximum Gasteiger partial charge on any atom is 0.126 e. The van der Waals surface area contributed by atoms with Crippen LogP contribution in [0.2, 0.25) is 0 Å². The van der Waals surface area contributed by atoms with Crippen LogP contribution in [0.15, 0.2) is 24.3 Å². The molecule has 1 aromatic carbocycles. The molecule has 0 unspecified atom stereocenters. The molecular weight excluding hydrogens is 221 g/mol. The lowest BCUT2D eigenvalue weighted by atomic mass is 10.0. The fourth-order valence-corrected chi connectivity index (χ4v) is 2.56. The molecular formula is C13H14FNS. The lowest BCUT2D eigenvalue weighted by molar-refractivity contribution is 0.619. The Hall–Kier alpha value is -1.35. The van der Waals surface area contributed by atoms with Crippen molar-refractivity contribution in [2.24, 2.45) is 0 Å². The van der Waals surface area contributed by atoms with Gasteiger partial charge in [-0.05, 0) is 42.7 Å². The van der Waals surface area contributed by atoms with E-state index in [2.05, 4.69) is 13.0 Å². The maximum absolute atomic E-state index is 13.2. The molecule has 0 atom stereocenters. The van der Waals surface area contributed by atoms with Gasteiger partial charge in [0.25, 0.3) is 0 Å². The second kappa shape index (κ2) is 4.26. The standard InChI is InChI=1S/C13H14FNS/c1-3-10-7-11(13(15)16-10)9-4-5-12(14)8(2)6-9/h4-7H,3,15H2,1-2H3. The van der Waals surface area contributed by atoms with Crippen molar-refractivity contribution >= 4 is 16.3 Å². The van der Waals surface area contributed by atoms with Gasteiger partial charge in [0.1, 0.15) is 5.82 Å². The predicted molar refractivity (Wildman–Crippen MR) is 68.2 cm³/mol. The molecule has 2 aromatic rings. The average molecular weight is 235 g/mol.